The van der Waals surface area contributed by atoms with E-state index in [1.807, 2.05) is 12.1 Å². The normalized spacial score (nSPS) is 11.6. The smallest absolute Gasteiger partial charge is 0.335 e. The summed E-state index contributed by atoms with van der Waals surface area (Å²) < 4.78 is 1.15. The Labute approximate surface area is 141 Å². The average molecular weight is 320 g/mol. The molecule has 0 aliphatic rings. The van der Waals surface area contributed by atoms with Gasteiger partial charge in [0.05, 0.1) is 25.2 Å². The molecular formula is C20H34NO2+. The van der Waals surface area contributed by atoms with E-state index in [0.29, 0.717) is 5.56 Å². The number of carboxylic acids is 1. The number of nitrogens with zero attached hydrogens (tertiary/aromatic N) is 1. The molecule has 0 saturated heterocycles. The summed E-state index contributed by atoms with van der Waals surface area (Å²) in [5.74, 6) is -0.847. The van der Waals surface area contributed by atoms with Crippen LogP contribution in [-0.2, 0) is 6.54 Å². The van der Waals surface area contributed by atoms with Gasteiger partial charge in [-0.15, -0.1) is 0 Å². The fraction of sp³-hybridized carbons (Fsp3) is 0.650. The number of carboxylic acid groups (broad SMARTS) is 1. The summed E-state index contributed by atoms with van der Waals surface area (Å²) in [5, 5.41) is 9.05. The zero-order chi connectivity index (χ0) is 17.1. The van der Waals surface area contributed by atoms with Gasteiger partial charge in [0, 0.05) is 5.56 Å². The second-order valence-corrected chi connectivity index (χ2v) is 6.73. The maximum atomic E-state index is 11.0. The van der Waals surface area contributed by atoms with Crippen LogP contribution in [0.1, 0.15) is 75.2 Å². The lowest BCUT2D eigenvalue weighted by atomic mass is 10.1. The Bertz CT molecular complexity index is 431. The minimum atomic E-state index is -0.847. The van der Waals surface area contributed by atoms with E-state index in [2.05, 4.69) is 20.8 Å². The summed E-state index contributed by atoms with van der Waals surface area (Å²) in [6.45, 7) is 11.5. The predicted molar refractivity (Wildman–Crippen MR) is 96.7 cm³/mol. The van der Waals surface area contributed by atoms with Crippen LogP contribution in [0.3, 0.4) is 0 Å². The average Bonchev–Trinajstić information content (AvgIpc) is 2.56. The maximum absolute atomic E-state index is 11.0. The fourth-order valence-corrected chi connectivity index (χ4v) is 3.19. The van der Waals surface area contributed by atoms with Crippen LogP contribution in [0.4, 0.5) is 0 Å². The van der Waals surface area contributed by atoms with Gasteiger partial charge >= 0.3 is 5.97 Å². The summed E-state index contributed by atoms with van der Waals surface area (Å²) in [7, 11) is 0. The lowest BCUT2D eigenvalue weighted by Gasteiger charge is -2.39. The third-order valence-electron chi connectivity index (χ3n) is 4.68. The van der Waals surface area contributed by atoms with Gasteiger partial charge in [0.25, 0.3) is 0 Å². The van der Waals surface area contributed by atoms with Gasteiger partial charge in [-0.1, -0.05) is 52.2 Å². The van der Waals surface area contributed by atoms with Crippen molar-refractivity contribution < 1.29 is 14.4 Å². The standard InChI is InChI=1S/C20H33NO2/c1-4-7-14-21(15-8-5-2,16-9-6-3)17-18-10-12-19(13-11-18)20(22)23/h10-13H,4-9,14-17H2,1-3H3/p+1. The van der Waals surface area contributed by atoms with Crippen molar-refractivity contribution in [2.45, 2.75) is 65.8 Å². The molecule has 0 heterocycles. The molecular weight excluding hydrogens is 286 g/mol. The fourth-order valence-electron chi connectivity index (χ4n) is 3.19. The number of benzene rings is 1. The molecule has 0 amide bonds. The molecule has 0 aliphatic carbocycles. The van der Waals surface area contributed by atoms with Gasteiger partial charge in [0.2, 0.25) is 0 Å². The monoisotopic (exact) mass is 320 g/mol. The zero-order valence-electron chi connectivity index (χ0n) is 15.2. The van der Waals surface area contributed by atoms with Crippen molar-refractivity contribution in [2.75, 3.05) is 19.6 Å². The Morgan fingerprint density at radius 2 is 1.30 bits per heavy atom. The van der Waals surface area contributed by atoms with E-state index >= 15 is 0 Å². The zero-order valence-corrected chi connectivity index (χ0v) is 15.2. The Morgan fingerprint density at radius 1 is 0.870 bits per heavy atom. The van der Waals surface area contributed by atoms with Crippen molar-refractivity contribution in [2.24, 2.45) is 0 Å². The molecule has 0 fully saturated rings. The van der Waals surface area contributed by atoms with Crippen molar-refractivity contribution in [1.82, 2.24) is 0 Å². The van der Waals surface area contributed by atoms with E-state index in [-0.39, 0.29) is 0 Å². The molecule has 1 aromatic rings. The minimum Gasteiger partial charge on any atom is -0.478 e. The van der Waals surface area contributed by atoms with Crippen molar-refractivity contribution in [3.05, 3.63) is 35.4 Å². The summed E-state index contributed by atoms with van der Waals surface area (Å²) in [5.41, 5.74) is 1.64. The molecule has 130 valence electrons. The molecule has 3 nitrogen and oxygen atoms in total. The first kappa shape index (κ1) is 19.7. The Kier molecular flexibility index (Phi) is 8.93. The molecule has 0 bridgehead atoms. The number of quaternary nitrogens is 1. The number of hydrogen-bond acceptors (Lipinski definition) is 1. The lowest BCUT2D eigenvalue weighted by molar-refractivity contribution is -0.941. The minimum absolute atomic E-state index is 0.377. The second kappa shape index (κ2) is 10.4. The predicted octanol–water partition coefficient (Wildman–Crippen LogP) is 5.10. The van der Waals surface area contributed by atoms with Crippen LogP contribution in [-0.4, -0.2) is 35.2 Å². The summed E-state index contributed by atoms with van der Waals surface area (Å²) >= 11 is 0. The third-order valence-corrected chi connectivity index (χ3v) is 4.68. The molecule has 1 rings (SSSR count). The highest BCUT2D eigenvalue weighted by Gasteiger charge is 2.26. The first-order valence-corrected chi connectivity index (χ1v) is 9.24. The quantitative estimate of drug-likeness (QED) is 0.544. The number of hydrogen-bond donors (Lipinski definition) is 1. The Hall–Kier alpha value is -1.35. The molecule has 0 aromatic heterocycles. The van der Waals surface area contributed by atoms with E-state index < -0.39 is 5.97 Å². The van der Waals surface area contributed by atoms with Gasteiger partial charge in [-0.05, 0) is 31.4 Å². The van der Waals surface area contributed by atoms with Crippen LogP contribution < -0.4 is 0 Å². The second-order valence-electron chi connectivity index (χ2n) is 6.73. The van der Waals surface area contributed by atoms with Gasteiger partial charge < -0.3 is 9.59 Å². The highest BCUT2D eigenvalue weighted by atomic mass is 16.4. The van der Waals surface area contributed by atoms with Gasteiger partial charge in [-0.2, -0.15) is 0 Å². The van der Waals surface area contributed by atoms with Crippen LogP contribution in [0.5, 0.6) is 0 Å². The van der Waals surface area contributed by atoms with Crippen molar-refractivity contribution in [3.63, 3.8) is 0 Å². The summed E-state index contributed by atoms with van der Waals surface area (Å²) in [4.78, 5) is 11.0. The lowest BCUT2D eigenvalue weighted by Crippen LogP contribution is -2.49. The molecule has 0 atom stereocenters. The number of carbonyl (C=O) groups is 1. The number of unbranched alkanes of at least 4 members (excludes halogenated alkanes) is 3. The molecule has 0 radical (unpaired) electrons. The highest BCUT2D eigenvalue weighted by molar-refractivity contribution is 5.87. The summed E-state index contributed by atoms with van der Waals surface area (Å²) in [6, 6.07) is 7.48. The van der Waals surface area contributed by atoms with Crippen LogP contribution in [0.15, 0.2) is 24.3 Å². The molecule has 1 N–H and O–H groups in total. The van der Waals surface area contributed by atoms with Crippen LogP contribution in [0.2, 0.25) is 0 Å². The molecule has 1 aromatic carbocycles. The van der Waals surface area contributed by atoms with Crippen LogP contribution in [0.25, 0.3) is 0 Å². The van der Waals surface area contributed by atoms with Crippen molar-refractivity contribution >= 4 is 5.97 Å². The molecule has 3 heteroatoms. The topological polar surface area (TPSA) is 37.3 Å². The van der Waals surface area contributed by atoms with E-state index in [9.17, 15) is 4.79 Å². The number of rotatable bonds is 12. The maximum Gasteiger partial charge on any atom is 0.335 e. The van der Waals surface area contributed by atoms with E-state index in [1.54, 1.807) is 12.1 Å². The molecule has 0 aliphatic heterocycles. The Balaban J connectivity index is 2.92. The van der Waals surface area contributed by atoms with E-state index in [0.717, 1.165) is 11.0 Å². The highest BCUT2D eigenvalue weighted by Crippen LogP contribution is 2.20. The largest absolute Gasteiger partial charge is 0.478 e. The molecule has 0 unspecified atom stereocenters. The van der Waals surface area contributed by atoms with Crippen molar-refractivity contribution in [1.29, 1.82) is 0 Å². The SMILES string of the molecule is CCCC[N+](CCCC)(CCCC)Cc1ccc(C(=O)O)cc1. The van der Waals surface area contributed by atoms with Gasteiger partial charge in [-0.3, -0.25) is 0 Å². The molecule has 23 heavy (non-hydrogen) atoms. The first-order chi connectivity index (χ1) is 11.1. The first-order valence-electron chi connectivity index (χ1n) is 9.24. The van der Waals surface area contributed by atoms with Gasteiger partial charge in [-0.25, -0.2) is 4.79 Å². The van der Waals surface area contributed by atoms with Crippen LogP contribution in [0, 0.1) is 0 Å². The van der Waals surface area contributed by atoms with E-state index in [4.69, 9.17) is 5.11 Å². The van der Waals surface area contributed by atoms with Crippen LogP contribution >= 0.6 is 0 Å². The third kappa shape index (κ3) is 6.74. The molecule has 0 spiro atoms. The molecule has 0 saturated carbocycles. The van der Waals surface area contributed by atoms with Gasteiger partial charge in [0.15, 0.2) is 0 Å². The van der Waals surface area contributed by atoms with E-state index in [1.165, 1.54) is 63.7 Å². The Morgan fingerprint density at radius 3 is 1.65 bits per heavy atom. The summed E-state index contributed by atoms with van der Waals surface area (Å²) in [6.07, 6.45) is 7.49. The number of aromatic carboxylic acids is 1. The van der Waals surface area contributed by atoms with Crippen molar-refractivity contribution in [3.8, 4) is 0 Å². The van der Waals surface area contributed by atoms with Gasteiger partial charge in [0.1, 0.15) is 6.54 Å².